The third-order valence-corrected chi connectivity index (χ3v) is 3.72. The van der Waals surface area contributed by atoms with Crippen LogP contribution in [-0.2, 0) is 15.9 Å². The lowest BCUT2D eigenvalue weighted by atomic mass is 10.1. The SMILES string of the molecule is CC1(Cc2c(O)nc(-c3cccc(Cl)c3)[nH]c2=O)OCCO1. The van der Waals surface area contributed by atoms with Gasteiger partial charge in [0.1, 0.15) is 5.82 Å². The summed E-state index contributed by atoms with van der Waals surface area (Å²) in [7, 11) is 0. The lowest BCUT2D eigenvalue weighted by Crippen LogP contribution is -2.32. The zero-order valence-electron chi connectivity index (χ0n) is 11.9. The van der Waals surface area contributed by atoms with Crippen molar-refractivity contribution in [1.82, 2.24) is 9.97 Å². The van der Waals surface area contributed by atoms with Crippen LogP contribution in [-0.4, -0.2) is 34.1 Å². The molecule has 0 spiro atoms. The quantitative estimate of drug-likeness (QED) is 0.904. The van der Waals surface area contributed by atoms with Crippen molar-refractivity contribution in [3.05, 3.63) is 45.2 Å². The van der Waals surface area contributed by atoms with Gasteiger partial charge in [-0.05, 0) is 19.1 Å². The molecule has 2 heterocycles. The monoisotopic (exact) mass is 322 g/mol. The van der Waals surface area contributed by atoms with Crippen LogP contribution in [0, 0.1) is 0 Å². The van der Waals surface area contributed by atoms with Crippen LogP contribution in [0.25, 0.3) is 11.4 Å². The lowest BCUT2D eigenvalue weighted by molar-refractivity contribution is -0.140. The van der Waals surface area contributed by atoms with Crippen molar-refractivity contribution in [1.29, 1.82) is 0 Å². The van der Waals surface area contributed by atoms with E-state index < -0.39 is 11.3 Å². The minimum atomic E-state index is -0.913. The molecule has 2 aromatic rings. The van der Waals surface area contributed by atoms with E-state index in [2.05, 4.69) is 9.97 Å². The summed E-state index contributed by atoms with van der Waals surface area (Å²) >= 11 is 5.92. The predicted octanol–water partition coefficient (Wildman–Crippen LogP) is 2.10. The van der Waals surface area contributed by atoms with Crippen LogP contribution in [0.1, 0.15) is 12.5 Å². The Morgan fingerprint density at radius 1 is 1.41 bits per heavy atom. The van der Waals surface area contributed by atoms with Gasteiger partial charge in [-0.1, -0.05) is 23.7 Å². The molecule has 1 aromatic carbocycles. The molecular weight excluding hydrogens is 308 g/mol. The number of rotatable bonds is 3. The van der Waals surface area contributed by atoms with Gasteiger partial charge < -0.3 is 19.6 Å². The van der Waals surface area contributed by atoms with Gasteiger partial charge in [-0.15, -0.1) is 0 Å². The molecule has 0 amide bonds. The van der Waals surface area contributed by atoms with Gasteiger partial charge in [-0.3, -0.25) is 4.79 Å². The zero-order chi connectivity index (χ0) is 15.7. The number of ether oxygens (including phenoxy) is 2. The zero-order valence-corrected chi connectivity index (χ0v) is 12.7. The first-order valence-electron chi connectivity index (χ1n) is 6.83. The normalized spacial score (nSPS) is 16.8. The number of aromatic hydroxyl groups is 1. The van der Waals surface area contributed by atoms with Crippen LogP contribution >= 0.6 is 11.6 Å². The van der Waals surface area contributed by atoms with Gasteiger partial charge in [0.2, 0.25) is 5.88 Å². The van der Waals surface area contributed by atoms with Gasteiger partial charge in [-0.25, -0.2) is 0 Å². The molecule has 1 aliphatic heterocycles. The van der Waals surface area contributed by atoms with E-state index in [9.17, 15) is 9.90 Å². The highest BCUT2D eigenvalue weighted by atomic mass is 35.5. The summed E-state index contributed by atoms with van der Waals surface area (Å²) in [4.78, 5) is 19.0. The highest BCUT2D eigenvalue weighted by Gasteiger charge is 2.33. The summed E-state index contributed by atoms with van der Waals surface area (Å²) in [5, 5.41) is 10.6. The molecule has 6 nitrogen and oxygen atoms in total. The molecule has 0 bridgehead atoms. The maximum atomic E-state index is 12.2. The number of aromatic amines is 1. The van der Waals surface area contributed by atoms with Crippen LogP contribution in [0.5, 0.6) is 5.88 Å². The Hall–Kier alpha value is -1.89. The third-order valence-electron chi connectivity index (χ3n) is 3.49. The van der Waals surface area contributed by atoms with Crippen molar-refractivity contribution in [2.75, 3.05) is 13.2 Å². The minimum absolute atomic E-state index is 0.122. The molecule has 116 valence electrons. The third kappa shape index (κ3) is 2.99. The minimum Gasteiger partial charge on any atom is -0.493 e. The number of hydrogen-bond donors (Lipinski definition) is 2. The summed E-state index contributed by atoms with van der Waals surface area (Å²) < 4.78 is 10.9. The van der Waals surface area contributed by atoms with Crippen molar-refractivity contribution in [3.8, 4) is 17.3 Å². The predicted molar refractivity (Wildman–Crippen MR) is 81.0 cm³/mol. The highest BCUT2D eigenvalue weighted by molar-refractivity contribution is 6.30. The van der Waals surface area contributed by atoms with Crippen molar-refractivity contribution in [3.63, 3.8) is 0 Å². The number of aromatic nitrogens is 2. The van der Waals surface area contributed by atoms with Gasteiger partial charge in [-0.2, -0.15) is 4.98 Å². The number of H-pyrrole nitrogens is 1. The van der Waals surface area contributed by atoms with Crippen LogP contribution in [0.3, 0.4) is 0 Å². The average Bonchev–Trinajstić information content (AvgIpc) is 2.90. The molecular formula is C15H15ClN2O4. The molecule has 7 heteroatoms. The summed E-state index contributed by atoms with van der Waals surface area (Å²) in [6.07, 6.45) is 0.122. The molecule has 1 fully saturated rings. The Morgan fingerprint density at radius 3 is 2.77 bits per heavy atom. The van der Waals surface area contributed by atoms with Gasteiger partial charge >= 0.3 is 0 Å². The first-order chi connectivity index (χ1) is 10.5. The van der Waals surface area contributed by atoms with Crippen LogP contribution < -0.4 is 5.56 Å². The Kier molecular flexibility index (Phi) is 3.90. The van der Waals surface area contributed by atoms with E-state index in [1.807, 2.05) is 0 Å². The Labute approximate surface area is 131 Å². The smallest absolute Gasteiger partial charge is 0.258 e. The molecule has 1 saturated heterocycles. The average molecular weight is 323 g/mol. The topological polar surface area (TPSA) is 84.4 Å². The number of nitrogens with one attached hydrogen (secondary N) is 1. The van der Waals surface area contributed by atoms with E-state index in [1.54, 1.807) is 31.2 Å². The summed E-state index contributed by atoms with van der Waals surface area (Å²) in [5.41, 5.74) is 0.323. The van der Waals surface area contributed by atoms with Crippen molar-refractivity contribution < 1.29 is 14.6 Å². The molecule has 0 atom stereocenters. The first kappa shape index (κ1) is 15.0. The van der Waals surface area contributed by atoms with Gasteiger partial charge in [0.15, 0.2) is 5.79 Å². The molecule has 22 heavy (non-hydrogen) atoms. The summed E-state index contributed by atoms with van der Waals surface area (Å²) in [6, 6.07) is 6.86. The fraction of sp³-hybridized carbons (Fsp3) is 0.333. The lowest BCUT2D eigenvalue weighted by Gasteiger charge is -2.21. The number of nitrogens with zero attached hydrogens (tertiary/aromatic N) is 1. The second kappa shape index (κ2) is 5.72. The Balaban J connectivity index is 1.96. The van der Waals surface area contributed by atoms with Gasteiger partial charge in [0.05, 0.1) is 18.8 Å². The number of hydrogen-bond acceptors (Lipinski definition) is 5. The molecule has 2 N–H and O–H groups in total. The molecule has 3 rings (SSSR count). The fourth-order valence-corrected chi connectivity index (χ4v) is 2.59. The Morgan fingerprint density at radius 2 is 2.14 bits per heavy atom. The molecule has 1 aromatic heterocycles. The van der Waals surface area contributed by atoms with Crippen LogP contribution in [0.4, 0.5) is 0 Å². The van der Waals surface area contributed by atoms with E-state index in [4.69, 9.17) is 21.1 Å². The van der Waals surface area contributed by atoms with Crippen molar-refractivity contribution in [2.45, 2.75) is 19.1 Å². The molecule has 1 aliphatic rings. The van der Waals surface area contributed by atoms with Crippen LogP contribution in [0.2, 0.25) is 5.02 Å². The summed E-state index contributed by atoms with van der Waals surface area (Å²) in [6.45, 7) is 2.65. The molecule has 0 aliphatic carbocycles. The van der Waals surface area contributed by atoms with E-state index in [0.29, 0.717) is 23.8 Å². The highest BCUT2D eigenvalue weighted by Crippen LogP contribution is 2.26. The van der Waals surface area contributed by atoms with Crippen molar-refractivity contribution in [2.24, 2.45) is 0 Å². The Bertz CT molecular complexity index is 753. The maximum Gasteiger partial charge on any atom is 0.258 e. The van der Waals surface area contributed by atoms with Crippen molar-refractivity contribution >= 4 is 11.6 Å². The van der Waals surface area contributed by atoms with Gasteiger partial charge in [0, 0.05) is 17.0 Å². The largest absolute Gasteiger partial charge is 0.493 e. The van der Waals surface area contributed by atoms with E-state index in [-0.39, 0.29) is 23.7 Å². The standard InChI is InChI=1S/C15H15ClN2O4/c1-15(21-5-6-22-15)8-11-13(19)17-12(18-14(11)20)9-3-2-4-10(16)7-9/h2-4,7H,5-6,8H2,1H3,(H2,17,18,19,20). The summed E-state index contributed by atoms with van der Waals surface area (Å²) in [5.74, 6) is -0.991. The maximum absolute atomic E-state index is 12.2. The number of benzene rings is 1. The van der Waals surface area contributed by atoms with E-state index >= 15 is 0 Å². The molecule has 0 saturated carbocycles. The number of halogens is 1. The molecule has 0 unspecified atom stereocenters. The van der Waals surface area contributed by atoms with E-state index in [1.165, 1.54) is 0 Å². The van der Waals surface area contributed by atoms with E-state index in [0.717, 1.165) is 0 Å². The second-order valence-electron chi connectivity index (χ2n) is 5.23. The fourth-order valence-electron chi connectivity index (χ4n) is 2.40. The second-order valence-corrected chi connectivity index (χ2v) is 5.67. The molecule has 0 radical (unpaired) electrons. The van der Waals surface area contributed by atoms with Crippen LogP contribution in [0.15, 0.2) is 29.1 Å². The first-order valence-corrected chi connectivity index (χ1v) is 7.21. The van der Waals surface area contributed by atoms with Gasteiger partial charge in [0.25, 0.3) is 5.56 Å².